The summed E-state index contributed by atoms with van der Waals surface area (Å²) in [5.41, 5.74) is 3.16. The van der Waals surface area contributed by atoms with Crippen LogP contribution in [-0.2, 0) is 19.4 Å². The zero-order valence-electron chi connectivity index (χ0n) is 15.5. The highest BCUT2D eigenvalue weighted by Crippen LogP contribution is 2.34. The quantitative estimate of drug-likeness (QED) is 0.667. The lowest BCUT2D eigenvalue weighted by molar-refractivity contribution is 0.0693. The summed E-state index contributed by atoms with van der Waals surface area (Å²) >= 11 is 1.76. The van der Waals surface area contributed by atoms with E-state index in [-0.39, 0.29) is 18.6 Å². The van der Waals surface area contributed by atoms with E-state index in [0.717, 1.165) is 42.1 Å². The molecule has 0 spiro atoms. The number of amides is 1. The molecule has 2 aromatic heterocycles. The van der Waals surface area contributed by atoms with Crippen LogP contribution in [0.25, 0.3) is 0 Å². The molecule has 1 unspecified atom stereocenters. The Morgan fingerprint density at radius 1 is 1.25 bits per heavy atom. The first kappa shape index (κ1) is 17.3. The van der Waals surface area contributed by atoms with Crippen molar-refractivity contribution in [3.8, 4) is 11.5 Å². The molecular weight excluding hydrogens is 376 g/mol. The monoisotopic (exact) mass is 396 g/mol. The van der Waals surface area contributed by atoms with Gasteiger partial charge in [-0.2, -0.15) is 0 Å². The Bertz CT molecular complexity index is 1030. The highest BCUT2D eigenvalue weighted by atomic mass is 32.1. The van der Waals surface area contributed by atoms with Gasteiger partial charge in [0.05, 0.1) is 5.69 Å². The summed E-state index contributed by atoms with van der Waals surface area (Å²) in [4.78, 5) is 16.0. The molecule has 6 nitrogen and oxygen atoms in total. The Hall–Kier alpha value is -2.80. The third-order valence-electron chi connectivity index (χ3n) is 5.32. The van der Waals surface area contributed by atoms with Crippen LogP contribution in [0.1, 0.15) is 45.1 Å². The van der Waals surface area contributed by atoms with E-state index in [2.05, 4.69) is 23.5 Å². The normalized spacial score (nSPS) is 16.1. The zero-order valence-corrected chi connectivity index (χ0v) is 16.3. The maximum atomic E-state index is 12.8. The average molecular weight is 396 g/mol. The van der Waals surface area contributed by atoms with Gasteiger partial charge in [-0.3, -0.25) is 4.79 Å². The molecule has 0 aliphatic carbocycles. The predicted molar refractivity (Wildman–Crippen MR) is 104 cm³/mol. The highest BCUT2D eigenvalue weighted by Gasteiger charge is 2.26. The zero-order chi connectivity index (χ0) is 19.1. The van der Waals surface area contributed by atoms with Crippen LogP contribution in [0.5, 0.6) is 11.5 Å². The number of benzene rings is 1. The van der Waals surface area contributed by atoms with Crippen molar-refractivity contribution in [3.63, 3.8) is 0 Å². The molecule has 3 aromatic rings. The van der Waals surface area contributed by atoms with Crippen molar-refractivity contribution in [2.75, 3.05) is 13.3 Å². The first-order chi connectivity index (χ1) is 13.7. The summed E-state index contributed by atoms with van der Waals surface area (Å²) in [5, 5.41) is 6.24. The lowest BCUT2D eigenvalue weighted by atomic mass is 9.97. The second-order valence-electron chi connectivity index (χ2n) is 7.25. The van der Waals surface area contributed by atoms with Crippen molar-refractivity contribution >= 4 is 17.2 Å². The largest absolute Gasteiger partial charge is 0.454 e. The smallest absolute Gasteiger partial charge is 0.292 e. The fourth-order valence-corrected chi connectivity index (χ4v) is 4.62. The molecule has 144 valence electrons. The van der Waals surface area contributed by atoms with Crippen molar-refractivity contribution in [2.45, 2.75) is 32.2 Å². The van der Waals surface area contributed by atoms with E-state index in [9.17, 15) is 4.79 Å². The first-order valence-electron chi connectivity index (χ1n) is 9.37. The second kappa shape index (κ2) is 6.98. The van der Waals surface area contributed by atoms with Crippen LogP contribution in [0.3, 0.4) is 0 Å². The van der Waals surface area contributed by atoms with Gasteiger partial charge in [0.15, 0.2) is 11.5 Å². The van der Waals surface area contributed by atoms with Crippen LogP contribution < -0.4 is 9.47 Å². The van der Waals surface area contributed by atoms with E-state index in [1.807, 2.05) is 23.1 Å². The average Bonchev–Trinajstić information content (AvgIpc) is 3.46. The van der Waals surface area contributed by atoms with Crippen molar-refractivity contribution in [3.05, 3.63) is 63.2 Å². The summed E-state index contributed by atoms with van der Waals surface area (Å²) in [6, 6.07) is 9.83. The molecule has 1 atom stereocenters. The van der Waals surface area contributed by atoms with Gasteiger partial charge in [0.1, 0.15) is 0 Å². The van der Waals surface area contributed by atoms with Crippen LogP contribution in [0, 0.1) is 0 Å². The molecule has 0 N–H and O–H groups in total. The summed E-state index contributed by atoms with van der Waals surface area (Å²) in [5.74, 6) is 1.90. The Morgan fingerprint density at radius 2 is 2.14 bits per heavy atom. The topological polar surface area (TPSA) is 64.8 Å². The molecule has 28 heavy (non-hydrogen) atoms. The maximum absolute atomic E-state index is 12.8. The lowest BCUT2D eigenvalue weighted by Crippen LogP contribution is -2.35. The molecule has 0 saturated carbocycles. The SMILES string of the molecule is CC(Cc1ccc2c(c1)OCO2)c1cc(C(=O)N2CCc3sccc3C2)on1. The van der Waals surface area contributed by atoms with E-state index in [1.165, 1.54) is 10.4 Å². The third kappa shape index (κ3) is 3.16. The van der Waals surface area contributed by atoms with E-state index < -0.39 is 0 Å². The minimum atomic E-state index is -0.0918. The number of nitrogens with zero attached hydrogens (tertiary/aromatic N) is 2. The second-order valence-corrected chi connectivity index (χ2v) is 8.26. The minimum absolute atomic E-state index is 0.0918. The van der Waals surface area contributed by atoms with Crippen molar-refractivity contribution < 1.29 is 18.8 Å². The molecule has 5 rings (SSSR count). The Balaban J connectivity index is 1.27. The highest BCUT2D eigenvalue weighted by molar-refractivity contribution is 7.10. The predicted octanol–water partition coefficient (Wildman–Crippen LogP) is 4.01. The van der Waals surface area contributed by atoms with Crippen LogP contribution in [0.2, 0.25) is 0 Å². The molecule has 4 heterocycles. The van der Waals surface area contributed by atoms with E-state index in [1.54, 1.807) is 17.4 Å². The third-order valence-corrected chi connectivity index (χ3v) is 6.34. The Morgan fingerprint density at radius 3 is 3.07 bits per heavy atom. The van der Waals surface area contributed by atoms with Gasteiger partial charge in [0.2, 0.25) is 12.6 Å². The van der Waals surface area contributed by atoms with E-state index in [0.29, 0.717) is 12.3 Å². The van der Waals surface area contributed by atoms with Gasteiger partial charge in [0, 0.05) is 30.0 Å². The molecule has 0 bridgehead atoms. The van der Waals surface area contributed by atoms with Gasteiger partial charge in [0.25, 0.3) is 5.91 Å². The number of fused-ring (bicyclic) bond motifs is 2. The van der Waals surface area contributed by atoms with Gasteiger partial charge in [-0.1, -0.05) is 18.1 Å². The molecule has 2 aliphatic heterocycles. The molecule has 7 heteroatoms. The lowest BCUT2D eigenvalue weighted by Gasteiger charge is -2.25. The molecule has 1 amide bonds. The summed E-state index contributed by atoms with van der Waals surface area (Å²) < 4.78 is 16.2. The number of ether oxygens (including phenoxy) is 2. The fourth-order valence-electron chi connectivity index (χ4n) is 3.73. The number of carbonyl (C=O) groups is 1. The Kier molecular flexibility index (Phi) is 4.31. The number of hydrogen-bond donors (Lipinski definition) is 0. The molecule has 0 radical (unpaired) electrons. The maximum Gasteiger partial charge on any atom is 0.292 e. The number of thiophene rings is 1. The van der Waals surface area contributed by atoms with Crippen molar-refractivity contribution in [1.29, 1.82) is 0 Å². The van der Waals surface area contributed by atoms with Crippen LogP contribution in [-0.4, -0.2) is 29.3 Å². The summed E-state index contributed by atoms with van der Waals surface area (Å²) in [6.45, 7) is 3.71. The number of aromatic nitrogens is 1. The van der Waals surface area contributed by atoms with Crippen molar-refractivity contribution in [1.82, 2.24) is 10.1 Å². The summed E-state index contributed by atoms with van der Waals surface area (Å²) in [6.07, 6.45) is 1.68. The van der Waals surface area contributed by atoms with Gasteiger partial charge in [-0.25, -0.2) is 0 Å². The molecule has 2 aliphatic rings. The van der Waals surface area contributed by atoms with Crippen LogP contribution >= 0.6 is 11.3 Å². The molecule has 1 aromatic carbocycles. The van der Waals surface area contributed by atoms with Gasteiger partial charge < -0.3 is 18.9 Å². The fraction of sp³-hybridized carbons (Fsp3) is 0.333. The molecule has 0 fully saturated rings. The van der Waals surface area contributed by atoms with E-state index >= 15 is 0 Å². The van der Waals surface area contributed by atoms with Crippen LogP contribution in [0.15, 0.2) is 40.2 Å². The van der Waals surface area contributed by atoms with Crippen LogP contribution in [0.4, 0.5) is 0 Å². The van der Waals surface area contributed by atoms with Gasteiger partial charge in [-0.15, -0.1) is 11.3 Å². The minimum Gasteiger partial charge on any atom is -0.454 e. The first-order valence-corrected chi connectivity index (χ1v) is 10.2. The van der Waals surface area contributed by atoms with Gasteiger partial charge in [-0.05, 0) is 47.5 Å². The van der Waals surface area contributed by atoms with Gasteiger partial charge >= 0.3 is 0 Å². The standard InChI is InChI=1S/C21H20N2O4S/c1-13(8-14-2-3-17-18(9-14)26-12-25-17)16-10-19(27-22-16)21(24)23-6-4-20-15(11-23)5-7-28-20/h2-3,5,7,9-10,13H,4,6,8,11-12H2,1H3. The van der Waals surface area contributed by atoms with Crippen molar-refractivity contribution in [2.24, 2.45) is 0 Å². The number of hydrogen-bond acceptors (Lipinski definition) is 6. The molecule has 0 saturated heterocycles. The molecular formula is C21H20N2O4S. The summed E-state index contributed by atoms with van der Waals surface area (Å²) in [7, 11) is 0. The van der Waals surface area contributed by atoms with E-state index in [4.69, 9.17) is 14.0 Å². The Labute approximate surface area is 166 Å². The number of rotatable bonds is 4. The number of carbonyl (C=O) groups excluding carboxylic acids is 1.